The van der Waals surface area contributed by atoms with Gasteiger partial charge in [0.25, 0.3) is 0 Å². The molecule has 2 aromatic rings. The number of rotatable bonds is 6. The van der Waals surface area contributed by atoms with Crippen molar-refractivity contribution < 1.29 is 14.3 Å². The average Bonchev–Trinajstić information content (AvgIpc) is 2.55. The summed E-state index contributed by atoms with van der Waals surface area (Å²) in [5.74, 6) is -0.474. The molecular formula is C18H19NO3. The summed E-state index contributed by atoms with van der Waals surface area (Å²) in [4.78, 5) is 23.4. The number of carbonyl (C=O) groups excluding carboxylic acids is 2. The van der Waals surface area contributed by atoms with Crippen LogP contribution in [0.25, 0.3) is 0 Å². The molecule has 0 spiro atoms. The molecule has 0 unspecified atom stereocenters. The topological polar surface area (TPSA) is 55.4 Å². The van der Waals surface area contributed by atoms with E-state index in [0.717, 1.165) is 12.8 Å². The number of benzene rings is 2. The van der Waals surface area contributed by atoms with Crippen molar-refractivity contribution in [3.63, 3.8) is 0 Å². The van der Waals surface area contributed by atoms with Crippen molar-refractivity contribution in [1.82, 2.24) is 0 Å². The molecule has 0 fully saturated rings. The fourth-order valence-corrected chi connectivity index (χ4v) is 2.16. The zero-order valence-electron chi connectivity index (χ0n) is 12.5. The first-order valence-electron chi connectivity index (χ1n) is 7.21. The highest BCUT2D eigenvalue weighted by Gasteiger charge is 2.07. The maximum absolute atomic E-state index is 11.9. The van der Waals surface area contributed by atoms with Crippen molar-refractivity contribution >= 4 is 17.6 Å². The summed E-state index contributed by atoms with van der Waals surface area (Å²) in [5.41, 5.74) is 2.25. The van der Waals surface area contributed by atoms with Gasteiger partial charge in [0, 0.05) is 12.1 Å². The van der Waals surface area contributed by atoms with Gasteiger partial charge in [-0.3, -0.25) is 4.79 Å². The molecule has 114 valence electrons. The molecule has 2 rings (SSSR count). The normalized spacial score (nSPS) is 10.0. The number of hydrogen-bond donors (Lipinski definition) is 1. The second-order valence-corrected chi connectivity index (χ2v) is 4.96. The first-order chi connectivity index (χ1) is 10.7. The largest absolute Gasteiger partial charge is 0.465 e. The molecule has 0 aliphatic carbocycles. The zero-order valence-corrected chi connectivity index (χ0v) is 12.5. The molecule has 0 heterocycles. The van der Waals surface area contributed by atoms with Crippen LogP contribution in [0.4, 0.5) is 5.69 Å². The van der Waals surface area contributed by atoms with Crippen LogP contribution < -0.4 is 5.32 Å². The molecule has 1 amide bonds. The number of hydrogen-bond acceptors (Lipinski definition) is 3. The minimum atomic E-state index is -0.417. The molecule has 0 aliphatic rings. The third-order valence-electron chi connectivity index (χ3n) is 3.28. The van der Waals surface area contributed by atoms with E-state index in [1.54, 1.807) is 24.3 Å². The van der Waals surface area contributed by atoms with Gasteiger partial charge in [-0.1, -0.05) is 36.4 Å². The first kappa shape index (κ1) is 15.8. The lowest BCUT2D eigenvalue weighted by molar-refractivity contribution is -0.116. The summed E-state index contributed by atoms with van der Waals surface area (Å²) < 4.78 is 4.66. The van der Waals surface area contributed by atoms with Gasteiger partial charge < -0.3 is 10.1 Å². The van der Waals surface area contributed by atoms with Crippen molar-refractivity contribution in [1.29, 1.82) is 0 Å². The number of esters is 1. The van der Waals surface area contributed by atoms with Crippen LogP contribution in [0.15, 0.2) is 54.6 Å². The molecule has 0 bridgehead atoms. The Kier molecular flexibility index (Phi) is 5.72. The second-order valence-electron chi connectivity index (χ2n) is 4.96. The van der Waals surface area contributed by atoms with E-state index in [4.69, 9.17) is 0 Å². The van der Waals surface area contributed by atoms with E-state index in [0.29, 0.717) is 17.7 Å². The van der Waals surface area contributed by atoms with E-state index in [1.807, 2.05) is 18.2 Å². The smallest absolute Gasteiger partial charge is 0.337 e. The molecule has 1 N–H and O–H groups in total. The zero-order chi connectivity index (χ0) is 15.8. The Morgan fingerprint density at radius 2 is 1.82 bits per heavy atom. The van der Waals surface area contributed by atoms with Gasteiger partial charge in [-0.05, 0) is 36.6 Å². The Labute approximate surface area is 130 Å². The van der Waals surface area contributed by atoms with Gasteiger partial charge in [0.05, 0.1) is 12.7 Å². The van der Waals surface area contributed by atoms with Crippen molar-refractivity contribution in [2.24, 2.45) is 0 Å². The van der Waals surface area contributed by atoms with E-state index in [1.165, 1.54) is 12.7 Å². The van der Waals surface area contributed by atoms with Gasteiger partial charge in [0.15, 0.2) is 0 Å². The molecule has 0 saturated heterocycles. The summed E-state index contributed by atoms with van der Waals surface area (Å²) >= 11 is 0. The Morgan fingerprint density at radius 3 is 2.55 bits per heavy atom. The number of nitrogens with one attached hydrogen (secondary N) is 1. The third kappa shape index (κ3) is 4.74. The predicted molar refractivity (Wildman–Crippen MR) is 85.8 cm³/mol. The van der Waals surface area contributed by atoms with Crippen molar-refractivity contribution in [2.45, 2.75) is 19.3 Å². The predicted octanol–water partition coefficient (Wildman–Crippen LogP) is 3.43. The Balaban J connectivity index is 1.83. The van der Waals surface area contributed by atoms with Crippen LogP contribution in [0.2, 0.25) is 0 Å². The molecule has 0 saturated carbocycles. The standard InChI is InChI=1S/C18H19NO3/c1-22-18(21)15-10-6-11-16(13-15)19-17(20)12-5-9-14-7-3-2-4-8-14/h2-4,6-8,10-11,13H,5,9,12H2,1H3,(H,19,20). The van der Waals surface area contributed by atoms with Crippen molar-refractivity contribution in [3.05, 3.63) is 65.7 Å². The lowest BCUT2D eigenvalue weighted by atomic mass is 10.1. The van der Waals surface area contributed by atoms with Gasteiger partial charge in [-0.15, -0.1) is 0 Å². The van der Waals surface area contributed by atoms with E-state index in [9.17, 15) is 9.59 Å². The minimum Gasteiger partial charge on any atom is -0.465 e. The number of amides is 1. The first-order valence-corrected chi connectivity index (χ1v) is 7.21. The fraction of sp³-hybridized carbons (Fsp3) is 0.222. The summed E-state index contributed by atoms with van der Waals surface area (Å²) in [6.07, 6.45) is 2.10. The molecule has 0 aromatic heterocycles. The molecule has 2 aromatic carbocycles. The van der Waals surface area contributed by atoms with Crippen LogP contribution in [0, 0.1) is 0 Å². The molecule has 0 atom stereocenters. The molecular weight excluding hydrogens is 278 g/mol. The SMILES string of the molecule is COC(=O)c1cccc(NC(=O)CCCc2ccccc2)c1. The van der Waals surface area contributed by atoms with E-state index >= 15 is 0 Å². The van der Waals surface area contributed by atoms with Crippen molar-refractivity contribution in [3.8, 4) is 0 Å². The summed E-state index contributed by atoms with van der Waals surface area (Å²) in [7, 11) is 1.33. The van der Waals surface area contributed by atoms with Crippen LogP contribution in [-0.4, -0.2) is 19.0 Å². The Bertz CT molecular complexity index is 638. The Hall–Kier alpha value is -2.62. The lowest BCUT2D eigenvalue weighted by Gasteiger charge is -2.07. The van der Waals surface area contributed by atoms with E-state index in [2.05, 4.69) is 22.2 Å². The summed E-state index contributed by atoms with van der Waals surface area (Å²) in [5, 5.41) is 2.80. The molecule has 22 heavy (non-hydrogen) atoms. The van der Waals surface area contributed by atoms with Gasteiger partial charge in [-0.25, -0.2) is 4.79 Å². The van der Waals surface area contributed by atoms with Crippen molar-refractivity contribution in [2.75, 3.05) is 12.4 Å². The highest BCUT2D eigenvalue weighted by atomic mass is 16.5. The molecule has 4 heteroatoms. The van der Waals surface area contributed by atoms with Gasteiger partial charge in [0.1, 0.15) is 0 Å². The third-order valence-corrected chi connectivity index (χ3v) is 3.28. The summed E-state index contributed by atoms with van der Waals surface area (Å²) in [6.45, 7) is 0. The van der Waals surface area contributed by atoms with Crippen LogP contribution in [0.1, 0.15) is 28.8 Å². The van der Waals surface area contributed by atoms with Crippen LogP contribution in [0.3, 0.4) is 0 Å². The van der Waals surface area contributed by atoms with Gasteiger partial charge in [0.2, 0.25) is 5.91 Å². The monoisotopic (exact) mass is 297 g/mol. The Morgan fingerprint density at radius 1 is 1.05 bits per heavy atom. The number of methoxy groups -OCH3 is 1. The average molecular weight is 297 g/mol. The lowest BCUT2D eigenvalue weighted by Crippen LogP contribution is -2.12. The maximum atomic E-state index is 11.9. The minimum absolute atomic E-state index is 0.0575. The summed E-state index contributed by atoms with van der Waals surface area (Å²) in [6, 6.07) is 16.8. The second kappa shape index (κ2) is 7.98. The maximum Gasteiger partial charge on any atom is 0.337 e. The highest BCUT2D eigenvalue weighted by Crippen LogP contribution is 2.12. The van der Waals surface area contributed by atoms with Crippen LogP contribution in [0.5, 0.6) is 0 Å². The number of carbonyl (C=O) groups is 2. The highest BCUT2D eigenvalue weighted by molar-refractivity contribution is 5.94. The van der Waals surface area contributed by atoms with Gasteiger partial charge in [-0.2, -0.15) is 0 Å². The molecule has 0 radical (unpaired) electrons. The number of anilines is 1. The van der Waals surface area contributed by atoms with Gasteiger partial charge >= 0.3 is 5.97 Å². The number of ether oxygens (including phenoxy) is 1. The number of aryl methyl sites for hydroxylation is 1. The van der Waals surface area contributed by atoms with Crippen LogP contribution in [-0.2, 0) is 16.0 Å². The quantitative estimate of drug-likeness (QED) is 0.831. The molecule has 4 nitrogen and oxygen atoms in total. The van der Waals surface area contributed by atoms with Crippen LogP contribution >= 0.6 is 0 Å². The van der Waals surface area contributed by atoms with E-state index in [-0.39, 0.29) is 5.91 Å². The fourth-order valence-electron chi connectivity index (χ4n) is 2.16. The van der Waals surface area contributed by atoms with E-state index < -0.39 is 5.97 Å². The molecule has 0 aliphatic heterocycles.